The van der Waals surface area contributed by atoms with Gasteiger partial charge in [-0.05, 0) is 36.2 Å². The standard InChI is InChI=1S/C19H22N2O2/c1-2-3-6-12-23-15-9-7-8-14(13-15)18-20-17-11-5-4-10-16(17)19(22)21-18/h4-5,7-11,13,18,20H,2-3,6,12H2,1H3,(H,21,22). The Labute approximate surface area is 136 Å². The molecule has 120 valence electrons. The minimum Gasteiger partial charge on any atom is -0.494 e. The zero-order valence-electron chi connectivity index (χ0n) is 13.3. The number of carbonyl (C=O) groups excluding carboxylic acids is 1. The van der Waals surface area contributed by atoms with E-state index in [2.05, 4.69) is 17.6 Å². The molecular weight excluding hydrogens is 288 g/mol. The fourth-order valence-electron chi connectivity index (χ4n) is 2.70. The average molecular weight is 310 g/mol. The first-order chi connectivity index (χ1) is 11.3. The van der Waals surface area contributed by atoms with E-state index in [9.17, 15) is 4.79 Å². The molecule has 0 spiro atoms. The van der Waals surface area contributed by atoms with Crippen molar-refractivity contribution in [1.82, 2.24) is 5.32 Å². The Kier molecular flexibility index (Phi) is 4.81. The van der Waals surface area contributed by atoms with Crippen molar-refractivity contribution in [1.29, 1.82) is 0 Å². The van der Waals surface area contributed by atoms with Crippen LogP contribution < -0.4 is 15.4 Å². The number of rotatable bonds is 6. The quantitative estimate of drug-likeness (QED) is 0.789. The lowest BCUT2D eigenvalue weighted by molar-refractivity contribution is 0.0935. The van der Waals surface area contributed by atoms with Crippen molar-refractivity contribution in [2.24, 2.45) is 0 Å². The number of unbranched alkanes of at least 4 members (excludes halogenated alkanes) is 2. The number of nitrogens with one attached hydrogen (secondary N) is 2. The number of benzene rings is 2. The molecule has 4 heteroatoms. The molecular formula is C19H22N2O2. The molecule has 0 saturated heterocycles. The predicted molar refractivity (Wildman–Crippen MR) is 91.7 cm³/mol. The highest BCUT2D eigenvalue weighted by atomic mass is 16.5. The second-order valence-corrected chi connectivity index (χ2v) is 5.72. The van der Waals surface area contributed by atoms with Gasteiger partial charge in [-0.2, -0.15) is 0 Å². The highest BCUT2D eigenvalue weighted by Gasteiger charge is 2.24. The van der Waals surface area contributed by atoms with Crippen LogP contribution in [0.25, 0.3) is 0 Å². The number of para-hydroxylation sites is 1. The Morgan fingerprint density at radius 3 is 2.78 bits per heavy atom. The van der Waals surface area contributed by atoms with E-state index in [-0.39, 0.29) is 12.1 Å². The van der Waals surface area contributed by atoms with Crippen molar-refractivity contribution >= 4 is 11.6 Å². The van der Waals surface area contributed by atoms with Crippen molar-refractivity contribution in [3.8, 4) is 5.75 Å². The van der Waals surface area contributed by atoms with Gasteiger partial charge in [0.25, 0.3) is 5.91 Å². The number of amides is 1. The van der Waals surface area contributed by atoms with Crippen LogP contribution in [0.1, 0.15) is 48.3 Å². The molecule has 0 aromatic heterocycles. The molecule has 1 amide bonds. The van der Waals surface area contributed by atoms with Gasteiger partial charge >= 0.3 is 0 Å². The molecule has 1 aliphatic heterocycles. The Morgan fingerprint density at radius 2 is 1.91 bits per heavy atom. The van der Waals surface area contributed by atoms with E-state index in [4.69, 9.17) is 4.74 Å². The Bertz CT molecular complexity index is 685. The first-order valence-corrected chi connectivity index (χ1v) is 8.17. The van der Waals surface area contributed by atoms with Gasteiger partial charge < -0.3 is 15.4 Å². The highest BCUT2D eigenvalue weighted by molar-refractivity contribution is 6.01. The molecule has 4 nitrogen and oxygen atoms in total. The fourth-order valence-corrected chi connectivity index (χ4v) is 2.70. The van der Waals surface area contributed by atoms with Crippen LogP contribution in [0, 0.1) is 0 Å². The summed E-state index contributed by atoms with van der Waals surface area (Å²) in [5, 5.41) is 6.35. The molecule has 1 aliphatic rings. The van der Waals surface area contributed by atoms with E-state index in [1.54, 1.807) is 0 Å². The van der Waals surface area contributed by atoms with Gasteiger partial charge in [0, 0.05) is 5.69 Å². The summed E-state index contributed by atoms with van der Waals surface area (Å²) in [7, 11) is 0. The third kappa shape index (κ3) is 3.65. The summed E-state index contributed by atoms with van der Waals surface area (Å²) < 4.78 is 5.80. The number of hydrogen-bond acceptors (Lipinski definition) is 3. The zero-order chi connectivity index (χ0) is 16.1. The van der Waals surface area contributed by atoms with Crippen LogP contribution in [0.2, 0.25) is 0 Å². The van der Waals surface area contributed by atoms with E-state index < -0.39 is 0 Å². The predicted octanol–water partition coefficient (Wildman–Crippen LogP) is 4.11. The minimum atomic E-state index is -0.239. The van der Waals surface area contributed by atoms with E-state index in [0.717, 1.165) is 30.0 Å². The number of fused-ring (bicyclic) bond motifs is 1. The normalized spacial score (nSPS) is 16.2. The Morgan fingerprint density at radius 1 is 1.04 bits per heavy atom. The van der Waals surface area contributed by atoms with Gasteiger partial charge in [0.15, 0.2) is 0 Å². The summed E-state index contributed by atoms with van der Waals surface area (Å²) >= 11 is 0. The van der Waals surface area contributed by atoms with Gasteiger partial charge in [-0.3, -0.25) is 4.79 Å². The first kappa shape index (κ1) is 15.4. The van der Waals surface area contributed by atoms with Crippen LogP contribution in [0.15, 0.2) is 48.5 Å². The topological polar surface area (TPSA) is 50.4 Å². The van der Waals surface area contributed by atoms with Crippen molar-refractivity contribution in [3.63, 3.8) is 0 Å². The Balaban J connectivity index is 1.71. The van der Waals surface area contributed by atoms with Gasteiger partial charge in [0.05, 0.1) is 12.2 Å². The number of anilines is 1. The van der Waals surface area contributed by atoms with E-state index >= 15 is 0 Å². The summed E-state index contributed by atoms with van der Waals surface area (Å²) in [6.07, 6.45) is 3.18. The van der Waals surface area contributed by atoms with Crippen molar-refractivity contribution in [3.05, 3.63) is 59.7 Å². The van der Waals surface area contributed by atoms with E-state index in [1.807, 2.05) is 48.5 Å². The second-order valence-electron chi connectivity index (χ2n) is 5.72. The van der Waals surface area contributed by atoms with Crippen LogP contribution in [0.4, 0.5) is 5.69 Å². The molecule has 2 N–H and O–H groups in total. The summed E-state index contributed by atoms with van der Waals surface area (Å²) in [6.45, 7) is 2.90. The number of hydrogen-bond donors (Lipinski definition) is 2. The highest BCUT2D eigenvalue weighted by Crippen LogP contribution is 2.27. The molecule has 2 aromatic carbocycles. The van der Waals surface area contributed by atoms with Crippen LogP contribution in [-0.2, 0) is 0 Å². The third-order valence-electron chi connectivity index (χ3n) is 3.96. The summed E-state index contributed by atoms with van der Waals surface area (Å²) in [4.78, 5) is 12.2. The van der Waals surface area contributed by atoms with Gasteiger partial charge in [-0.1, -0.05) is 44.0 Å². The fraction of sp³-hybridized carbons (Fsp3) is 0.316. The molecule has 0 bridgehead atoms. The average Bonchev–Trinajstić information content (AvgIpc) is 2.59. The maximum absolute atomic E-state index is 12.2. The van der Waals surface area contributed by atoms with Crippen molar-refractivity contribution in [2.45, 2.75) is 32.4 Å². The minimum absolute atomic E-state index is 0.0568. The van der Waals surface area contributed by atoms with Gasteiger partial charge in [0.1, 0.15) is 11.9 Å². The van der Waals surface area contributed by atoms with E-state index in [1.165, 1.54) is 12.8 Å². The van der Waals surface area contributed by atoms with Crippen LogP contribution in [0.3, 0.4) is 0 Å². The SMILES string of the molecule is CCCCCOc1cccc(C2NC(=O)c3ccccc3N2)c1. The maximum Gasteiger partial charge on any atom is 0.255 e. The van der Waals surface area contributed by atoms with Crippen LogP contribution in [0.5, 0.6) is 5.75 Å². The zero-order valence-corrected chi connectivity index (χ0v) is 13.3. The summed E-state index contributed by atoms with van der Waals surface area (Å²) in [5.74, 6) is 0.784. The number of carbonyl (C=O) groups is 1. The summed E-state index contributed by atoms with van der Waals surface area (Å²) in [6, 6.07) is 15.4. The third-order valence-corrected chi connectivity index (χ3v) is 3.96. The maximum atomic E-state index is 12.2. The molecule has 0 aliphatic carbocycles. The largest absolute Gasteiger partial charge is 0.494 e. The molecule has 23 heavy (non-hydrogen) atoms. The first-order valence-electron chi connectivity index (χ1n) is 8.17. The van der Waals surface area contributed by atoms with E-state index in [0.29, 0.717) is 5.56 Å². The van der Waals surface area contributed by atoms with Crippen LogP contribution >= 0.6 is 0 Å². The van der Waals surface area contributed by atoms with Crippen LogP contribution in [-0.4, -0.2) is 12.5 Å². The molecule has 1 heterocycles. The molecule has 3 rings (SSSR count). The lowest BCUT2D eigenvalue weighted by Crippen LogP contribution is -2.38. The molecule has 0 radical (unpaired) electrons. The molecule has 0 saturated carbocycles. The molecule has 1 unspecified atom stereocenters. The number of ether oxygens (including phenoxy) is 1. The molecule has 0 fully saturated rings. The Hall–Kier alpha value is -2.49. The van der Waals surface area contributed by atoms with Gasteiger partial charge in [0.2, 0.25) is 0 Å². The molecule has 1 atom stereocenters. The lowest BCUT2D eigenvalue weighted by Gasteiger charge is -2.28. The second kappa shape index (κ2) is 7.18. The van der Waals surface area contributed by atoms with Gasteiger partial charge in [-0.15, -0.1) is 0 Å². The lowest BCUT2D eigenvalue weighted by atomic mass is 10.1. The monoisotopic (exact) mass is 310 g/mol. The molecule has 2 aromatic rings. The van der Waals surface area contributed by atoms with Crippen molar-refractivity contribution in [2.75, 3.05) is 11.9 Å². The van der Waals surface area contributed by atoms with Gasteiger partial charge in [-0.25, -0.2) is 0 Å². The summed E-state index contributed by atoms with van der Waals surface area (Å²) in [5.41, 5.74) is 2.52. The smallest absolute Gasteiger partial charge is 0.255 e. The van der Waals surface area contributed by atoms with Crippen molar-refractivity contribution < 1.29 is 9.53 Å².